The average Bonchev–Trinajstić information content (AvgIpc) is 2.07. The molecule has 0 aliphatic heterocycles. The molecule has 11 heavy (non-hydrogen) atoms. The smallest absolute Gasteiger partial charge is 0.0218 e. The van der Waals surface area contributed by atoms with E-state index in [2.05, 4.69) is 30.8 Å². The van der Waals surface area contributed by atoms with Gasteiger partial charge in [-0.3, -0.25) is 0 Å². The maximum Gasteiger partial charge on any atom is 0.0218 e. The molecule has 0 aliphatic rings. The molecule has 0 bridgehead atoms. The molecule has 0 spiro atoms. The molecule has 58 valence electrons. The maximum atomic E-state index is 3.66. The highest BCUT2D eigenvalue weighted by atomic mass is 33.1. The zero-order chi connectivity index (χ0) is 7.94. The fourth-order valence-corrected chi connectivity index (χ4v) is 2.43. The van der Waals surface area contributed by atoms with Crippen molar-refractivity contribution in [2.24, 2.45) is 0 Å². The number of hydrogen-bond acceptors (Lipinski definition) is 2. The van der Waals surface area contributed by atoms with Gasteiger partial charge in [0.15, 0.2) is 0 Å². The van der Waals surface area contributed by atoms with Gasteiger partial charge in [-0.25, -0.2) is 0 Å². The van der Waals surface area contributed by atoms with Crippen molar-refractivity contribution in [2.45, 2.75) is 4.90 Å². The van der Waals surface area contributed by atoms with Gasteiger partial charge in [0.05, 0.1) is 0 Å². The first-order chi connectivity index (χ1) is 5.43. The monoisotopic (exact) mass is 182 g/mol. The van der Waals surface area contributed by atoms with Gasteiger partial charge in [-0.15, -0.1) is 6.58 Å². The van der Waals surface area contributed by atoms with Crippen molar-refractivity contribution >= 4 is 21.6 Å². The quantitative estimate of drug-likeness (QED) is 0.396. The molecule has 0 atom stereocenters. The van der Waals surface area contributed by atoms with E-state index in [1.165, 1.54) is 4.90 Å². The molecule has 0 aliphatic carbocycles. The summed E-state index contributed by atoms with van der Waals surface area (Å²) in [4.78, 5) is 1.30. The van der Waals surface area contributed by atoms with Gasteiger partial charge in [-0.2, -0.15) is 0 Å². The second kappa shape index (κ2) is 5.33. The van der Waals surface area contributed by atoms with E-state index in [0.717, 1.165) is 5.75 Å². The van der Waals surface area contributed by atoms with Gasteiger partial charge in [-0.05, 0) is 12.1 Å². The van der Waals surface area contributed by atoms with Crippen LogP contribution in [0.15, 0.2) is 47.9 Å². The summed E-state index contributed by atoms with van der Waals surface area (Å²) in [5.41, 5.74) is 0. The molecule has 0 saturated carbocycles. The summed E-state index contributed by atoms with van der Waals surface area (Å²) in [7, 11) is 3.60. The summed E-state index contributed by atoms with van der Waals surface area (Å²) in [6.45, 7) is 3.66. The molecule has 0 radical (unpaired) electrons. The van der Waals surface area contributed by atoms with Crippen molar-refractivity contribution < 1.29 is 0 Å². The Hall–Kier alpha value is -0.340. The first kappa shape index (κ1) is 8.75. The third kappa shape index (κ3) is 3.54. The van der Waals surface area contributed by atoms with Crippen molar-refractivity contribution in [3.63, 3.8) is 0 Å². The Labute approximate surface area is 75.5 Å². The first-order valence-corrected chi connectivity index (χ1v) is 5.71. The van der Waals surface area contributed by atoms with E-state index in [1.807, 2.05) is 12.1 Å². The molecule has 2 heteroatoms. The normalized spacial score (nSPS) is 9.45. The molecule has 1 rings (SSSR count). The summed E-state index contributed by atoms with van der Waals surface area (Å²) < 4.78 is 0. The Bertz CT molecular complexity index is 206. The lowest BCUT2D eigenvalue weighted by atomic mass is 10.4. The molecule has 0 N–H and O–H groups in total. The highest BCUT2D eigenvalue weighted by Gasteiger charge is 1.89. The molecule has 1 aromatic rings. The summed E-state index contributed by atoms with van der Waals surface area (Å²) in [5, 5.41) is 0. The second-order valence-electron chi connectivity index (χ2n) is 1.97. The predicted molar refractivity (Wildman–Crippen MR) is 55.0 cm³/mol. The van der Waals surface area contributed by atoms with Crippen LogP contribution in [0, 0.1) is 0 Å². The van der Waals surface area contributed by atoms with Crippen LogP contribution >= 0.6 is 21.6 Å². The fourth-order valence-electron chi connectivity index (χ4n) is 0.626. The Morgan fingerprint density at radius 1 is 1.27 bits per heavy atom. The van der Waals surface area contributed by atoms with Crippen LogP contribution in [0.2, 0.25) is 0 Å². The van der Waals surface area contributed by atoms with Gasteiger partial charge in [0.2, 0.25) is 0 Å². The Balaban J connectivity index is 2.33. The Morgan fingerprint density at radius 2 is 2.00 bits per heavy atom. The van der Waals surface area contributed by atoms with Crippen LogP contribution in [-0.2, 0) is 0 Å². The van der Waals surface area contributed by atoms with Gasteiger partial charge >= 0.3 is 0 Å². The van der Waals surface area contributed by atoms with Crippen molar-refractivity contribution in [1.82, 2.24) is 0 Å². The zero-order valence-electron chi connectivity index (χ0n) is 6.19. The number of benzene rings is 1. The van der Waals surface area contributed by atoms with Gasteiger partial charge in [-0.1, -0.05) is 45.9 Å². The highest BCUT2D eigenvalue weighted by molar-refractivity contribution is 8.76. The lowest BCUT2D eigenvalue weighted by Gasteiger charge is -1.95. The lowest BCUT2D eigenvalue weighted by molar-refractivity contribution is 1.48. The molecule has 0 unspecified atom stereocenters. The van der Waals surface area contributed by atoms with Crippen molar-refractivity contribution in [3.8, 4) is 0 Å². The van der Waals surface area contributed by atoms with E-state index >= 15 is 0 Å². The van der Waals surface area contributed by atoms with Crippen LogP contribution in [0.3, 0.4) is 0 Å². The van der Waals surface area contributed by atoms with Gasteiger partial charge in [0, 0.05) is 10.6 Å². The third-order valence-corrected chi connectivity index (χ3v) is 3.38. The third-order valence-electron chi connectivity index (χ3n) is 1.08. The van der Waals surface area contributed by atoms with Crippen molar-refractivity contribution in [1.29, 1.82) is 0 Å². The summed E-state index contributed by atoms with van der Waals surface area (Å²) in [6, 6.07) is 10.4. The SMILES string of the molecule is C=CCSSc1ccccc1. The largest absolute Gasteiger partial charge is 0.102 e. The second-order valence-corrected chi connectivity index (χ2v) is 4.38. The maximum absolute atomic E-state index is 3.66. The fraction of sp³-hybridized carbons (Fsp3) is 0.111. The molecule has 0 fully saturated rings. The van der Waals surface area contributed by atoms with Crippen LogP contribution in [0.5, 0.6) is 0 Å². The molecule has 0 heterocycles. The van der Waals surface area contributed by atoms with E-state index < -0.39 is 0 Å². The predicted octanol–water partition coefficient (Wildman–Crippen LogP) is 3.61. The molecule has 0 saturated heterocycles. The molecule has 1 aromatic carbocycles. The van der Waals surface area contributed by atoms with Gasteiger partial charge in [0.1, 0.15) is 0 Å². The minimum absolute atomic E-state index is 1.000. The molecular weight excluding hydrogens is 172 g/mol. The minimum atomic E-state index is 1.000. The van der Waals surface area contributed by atoms with E-state index in [1.54, 1.807) is 21.6 Å². The zero-order valence-corrected chi connectivity index (χ0v) is 7.83. The van der Waals surface area contributed by atoms with Gasteiger partial charge in [0.25, 0.3) is 0 Å². The van der Waals surface area contributed by atoms with Crippen LogP contribution in [0.1, 0.15) is 0 Å². The minimum Gasteiger partial charge on any atom is -0.102 e. The summed E-state index contributed by atoms with van der Waals surface area (Å²) >= 11 is 0. The van der Waals surface area contributed by atoms with Crippen LogP contribution in [0.4, 0.5) is 0 Å². The molecular formula is C9H10S2. The molecule has 0 nitrogen and oxygen atoms in total. The Morgan fingerprint density at radius 3 is 2.64 bits per heavy atom. The van der Waals surface area contributed by atoms with Crippen LogP contribution in [0.25, 0.3) is 0 Å². The lowest BCUT2D eigenvalue weighted by Crippen LogP contribution is -1.66. The topological polar surface area (TPSA) is 0 Å². The van der Waals surface area contributed by atoms with Crippen molar-refractivity contribution in [3.05, 3.63) is 43.0 Å². The Kier molecular flexibility index (Phi) is 4.24. The van der Waals surface area contributed by atoms with Crippen LogP contribution < -0.4 is 0 Å². The standard InChI is InChI=1S/C9H10S2/c1-2-8-10-11-9-6-4-3-5-7-9/h2-7H,1,8H2. The van der Waals surface area contributed by atoms with Crippen LogP contribution in [-0.4, -0.2) is 5.75 Å². The van der Waals surface area contributed by atoms with E-state index in [9.17, 15) is 0 Å². The van der Waals surface area contributed by atoms with Crippen molar-refractivity contribution in [2.75, 3.05) is 5.75 Å². The first-order valence-electron chi connectivity index (χ1n) is 3.39. The average molecular weight is 182 g/mol. The highest BCUT2D eigenvalue weighted by Crippen LogP contribution is 2.30. The van der Waals surface area contributed by atoms with Gasteiger partial charge < -0.3 is 0 Å². The van der Waals surface area contributed by atoms with E-state index in [4.69, 9.17) is 0 Å². The number of hydrogen-bond donors (Lipinski definition) is 0. The molecule has 0 aromatic heterocycles. The molecule has 0 amide bonds. The summed E-state index contributed by atoms with van der Waals surface area (Å²) in [5.74, 6) is 1.000. The number of rotatable bonds is 4. The summed E-state index contributed by atoms with van der Waals surface area (Å²) in [6.07, 6.45) is 1.92. The van der Waals surface area contributed by atoms with E-state index in [-0.39, 0.29) is 0 Å². The van der Waals surface area contributed by atoms with E-state index in [0.29, 0.717) is 0 Å².